The SMILES string of the molecule is Cc1cc(CN2CCC[C@H](C(=O)c3ccc(-c4ccccc4)c(F)c3)C2)n[nH]1. The molecule has 0 spiro atoms. The Bertz CT molecular complexity index is 967. The van der Waals surface area contributed by atoms with E-state index in [-0.39, 0.29) is 17.5 Å². The number of H-pyrrole nitrogens is 1. The third kappa shape index (κ3) is 4.04. The Kier molecular flexibility index (Phi) is 5.35. The molecular weight excluding hydrogens is 353 g/mol. The first-order chi connectivity index (χ1) is 13.6. The van der Waals surface area contributed by atoms with Gasteiger partial charge in [-0.15, -0.1) is 0 Å². The Balaban J connectivity index is 1.47. The quantitative estimate of drug-likeness (QED) is 0.660. The number of aryl methyl sites for hydroxylation is 1. The number of Topliss-reactive ketones (excluding diaryl/α,β-unsaturated/α-hetero) is 1. The van der Waals surface area contributed by atoms with E-state index in [2.05, 4.69) is 15.1 Å². The Morgan fingerprint density at radius 1 is 1.21 bits per heavy atom. The minimum Gasteiger partial charge on any atom is -0.297 e. The molecule has 1 aliphatic heterocycles. The van der Waals surface area contributed by atoms with E-state index in [1.807, 2.05) is 43.3 Å². The van der Waals surface area contributed by atoms with Crippen molar-refractivity contribution < 1.29 is 9.18 Å². The molecule has 1 aromatic heterocycles. The first kappa shape index (κ1) is 18.6. The lowest BCUT2D eigenvalue weighted by Crippen LogP contribution is -2.38. The number of likely N-dealkylation sites (tertiary alicyclic amines) is 1. The molecule has 4 rings (SSSR count). The van der Waals surface area contributed by atoms with Crippen LogP contribution in [0.4, 0.5) is 4.39 Å². The topological polar surface area (TPSA) is 49.0 Å². The maximum atomic E-state index is 14.7. The van der Waals surface area contributed by atoms with Gasteiger partial charge >= 0.3 is 0 Å². The van der Waals surface area contributed by atoms with E-state index in [1.54, 1.807) is 12.1 Å². The molecule has 0 radical (unpaired) electrons. The number of carbonyl (C=O) groups is 1. The van der Waals surface area contributed by atoms with Gasteiger partial charge in [-0.1, -0.05) is 42.5 Å². The highest BCUT2D eigenvalue weighted by Gasteiger charge is 2.27. The van der Waals surface area contributed by atoms with Crippen molar-refractivity contribution in [1.29, 1.82) is 0 Å². The fraction of sp³-hybridized carbons (Fsp3) is 0.304. The van der Waals surface area contributed by atoms with Crippen LogP contribution in [-0.2, 0) is 6.54 Å². The van der Waals surface area contributed by atoms with Gasteiger partial charge in [-0.25, -0.2) is 4.39 Å². The Morgan fingerprint density at radius 3 is 2.75 bits per heavy atom. The number of halogens is 1. The highest BCUT2D eigenvalue weighted by molar-refractivity contribution is 5.98. The van der Waals surface area contributed by atoms with Crippen LogP contribution in [0.1, 0.15) is 34.6 Å². The lowest BCUT2D eigenvalue weighted by Gasteiger charge is -2.31. The molecule has 28 heavy (non-hydrogen) atoms. The van der Waals surface area contributed by atoms with Gasteiger partial charge in [0, 0.05) is 35.8 Å². The third-order valence-electron chi connectivity index (χ3n) is 5.36. The zero-order chi connectivity index (χ0) is 19.5. The lowest BCUT2D eigenvalue weighted by atomic mass is 9.89. The van der Waals surface area contributed by atoms with Crippen molar-refractivity contribution in [1.82, 2.24) is 15.1 Å². The number of nitrogens with zero attached hydrogens (tertiary/aromatic N) is 2. The van der Waals surface area contributed by atoms with Crippen LogP contribution in [0.3, 0.4) is 0 Å². The molecule has 144 valence electrons. The predicted molar refractivity (Wildman–Crippen MR) is 107 cm³/mol. The summed E-state index contributed by atoms with van der Waals surface area (Å²) in [6.07, 6.45) is 1.81. The molecule has 0 amide bonds. The summed E-state index contributed by atoms with van der Waals surface area (Å²) in [5, 5.41) is 7.24. The van der Waals surface area contributed by atoms with E-state index >= 15 is 0 Å². The minimum absolute atomic E-state index is 0.0291. The maximum Gasteiger partial charge on any atom is 0.167 e. The molecule has 0 bridgehead atoms. The first-order valence-corrected chi connectivity index (χ1v) is 9.72. The average Bonchev–Trinajstić information content (AvgIpc) is 3.12. The Morgan fingerprint density at radius 2 is 2.04 bits per heavy atom. The average molecular weight is 377 g/mol. The van der Waals surface area contributed by atoms with E-state index in [0.29, 0.717) is 17.7 Å². The summed E-state index contributed by atoms with van der Waals surface area (Å²) >= 11 is 0. The van der Waals surface area contributed by atoms with Crippen LogP contribution in [0.2, 0.25) is 0 Å². The number of carbonyl (C=O) groups excluding carboxylic acids is 1. The summed E-state index contributed by atoms with van der Waals surface area (Å²) in [5.41, 5.74) is 3.82. The lowest BCUT2D eigenvalue weighted by molar-refractivity contribution is 0.0809. The number of benzene rings is 2. The summed E-state index contributed by atoms with van der Waals surface area (Å²) < 4.78 is 14.7. The molecule has 1 aliphatic rings. The molecule has 0 unspecified atom stereocenters. The van der Waals surface area contributed by atoms with Crippen molar-refractivity contribution in [2.75, 3.05) is 13.1 Å². The number of hydrogen-bond donors (Lipinski definition) is 1. The highest BCUT2D eigenvalue weighted by Crippen LogP contribution is 2.27. The largest absolute Gasteiger partial charge is 0.297 e. The molecule has 1 N–H and O–H groups in total. The Labute approximate surface area is 164 Å². The molecule has 2 aromatic carbocycles. The van der Waals surface area contributed by atoms with Crippen LogP contribution in [0.15, 0.2) is 54.6 Å². The zero-order valence-electron chi connectivity index (χ0n) is 16.0. The molecule has 0 aliphatic carbocycles. The second kappa shape index (κ2) is 8.07. The third-order valence-corrected chi connectivity index (χ3v) is 5.36. The highest BCUT2D eigenvalue weighted by atomic mass is 19.1. The summed E-state index contributed by atoms with van der Waals surface area (Å²) in [4.78, 5) is 15.2. The monoisotopic (exact) mass is 377 g/mol. The van der Waals surface area contributed by atoms with Crippen LogP contribution in [0.25, 0.3) is 11.1 Å². The van der Waals surface area contributed by atoms with Crippen LogP contribution < -0.4 is 0 Å². The predicted octanol–water partition coefficient (Wildman–Crippen LogP) is 4.62. The summed E-state index contributed by atoms with van der Waals surface area (Å²) in [6, 6.07) is 16.3. The molecule has 1 saturated heterocycles. The van der Waals surface area contributed by atoms with Crippen molar-refractivity contribution in [3.63, 3.8) is 0 Å². The van der Waals surface area contributed by atoms with E-state index in [0.717, 1.165) is 42.9 Å². The Hall–Kier alpha value is -2.79. The number of aromatic nitrogens is 2. The van der Waals surface area contributed by atoms with Gasteiger partial charge in [0.25, 0.3) is 0 Å². The number of piperidine rings is 1. The van der Waals surface area contributed by atoms with Crippen LogP contribution in [0.5, 0.6) is 0 Å². The van der Waals surface area contributed by atoms with Gasteiger partial charge in [-0.2, -0.15) is 5.10 Å². The number of rotatable bonds is 5. The molecule has 2 heterocycles. The summed E-state index contributed by atoms with van der Waals surface area (Å²) in [7, 11) is 0. The molecule has 0 saturated carbocycles. The molecule has 3 aromatic rings. The number of aromatic amines is 1. The van der Waals surface area contributed by atoms with Gasteiger partial charge in [-0.3, -0.25) is 14.8 Å². The van der Waals surface area contributed by atoms with Gasteiger partial charge in [-0.05, 0) is 44.0 Å². The van der Waals surface area contributed by atoms with Crippen molar-refractivity contribution in [2.24, 2.45) is 5.92 Å². The maximum absolute atomic E-state index is 14.7. The number of nitrogens with one attached hydrogen (secondary N) is 1. The van der Waals surface area contributed by atoms with Crippen molar-refractivity contribution in [2.45, 2.75) is 26.3 Å². The van der Waals surface area contributed by atoms with Crippen LogP contribution >= 0.6 is 0 Å². The van der Waals surface area contributed by atoms with Crippen molar-refractivity contribution in [3.8, 4) is 11.1 Å². The van der Waals surface area contributed by atoms with Gasteiger partial charge in [0.05, 0.1) is 5.69 Å². The second-order valence-electron chi connectivity index (χ2n) is 7.54. The van der Waals surface area contributed by atoms with E-state index < -0.39 is 0 Å². The second-order valence-corrected chi connectivity index (χ2v) is 7.54. The fourth-order valence-corrected chi connectivity index (χ4v) is 3.95. The molecule has 1 atom stereocenters. The van der Waals surface area contributed by atoms with E-state index in [1.165, 1.54) is 6.07 Å². The standard InChI is InChI=1S/C23H24FN3O/c1-16-12-20(26-25-16)15-27-11-5-8-19(14-27)23(28)18-9-10-21(22(24)13-18)17-6-3-2-4-7-17/h2-4,6-7,9-10,12-13,19H,5,8,11,14-15H2,1H3,(H,25,26)/t19-/m0/s1. The molecule has 5 heteroatoms. The van der Waals surface area contributed by atoms with Gasteiger partial charge < -0.3 is 0 Å². The summed E-state index contributed by atoms with van der Waals surface area (Å²) in [6.45, 7) is 4.35. The summed E-state index contributed by atoms with van der Waals surface area (Å²) in [5.74, 6) is -0.422. The van der Waals surface area contributed by atoms with E-state index in [9.17, 15) is 9.18 Å². The van der Waals surface area contributed by atoms with Gasteiger partial charge in [0.2, 0.25) is 0 Å². The molecule has 4 nitrogen and oxygen atoms in total. The van der Waals surface area contributed by atoms with Crippen LogP contribution in [0, 0.1) is 18.7 Å². The minimum atomic E-state index is -0.350. The van der Waals surface area contributed by atoms with Crippen molar-refractivity contribution in [3.05, 3.63) is 77.4 Å². The number of hydrogen-bond acceptors (Lipinski definition) is 3. The first-order valence-electron chi connectivity index (χ1n) is 9.72. The van der Waals surface area contributed by atoms with Gasteiger partial charge in [0.1, 0.15) is 5.82 Å². The molecule has 1 fully saturated rings. The number of ketones is 1. The van der Waals surface area contributed by atoms with Crippen LogP contribution in [-0.4, -0.2) is 34.0 Å². The normalized spacial score (nSPS) is 17.6. The van der Waals surface area contributed by atoms with E-state index in [4.69, 9.17) is 0 Å². The zero-order valence-corrected chi connectivity index (χ0v) is 16.0. The smallest absolute Gasteiger partial charge is 0.167 e. The molecular formula is C23H24FN3O. The van der Waals surface area contributed by atoms with Gasteiger partial charge in [0.15, 0.2) is 5.78 Å². The fourth-order valence-electron chi connectivity index (χ4n) is 3.95. The van der Waals surface area contributed by atoms with Crippen molar-refractivity contribution >= 4 is 5.78 Å².